The Bertz CT molecular complexity index is 328. The van der Waals surface area contributed by atoms with Crippen LogP contribution in [0.3, 0.4) is 0 Å². The molecule has 2 heterocycles. The van der Waals surface area contributed by atoms with Gasteiger partial charge in [-0.15, -0.1) is 16.7 Å². The van der Waals surface area contributed by atoms with Crippen LogP contribution in [0.2, 0.25) is 0 Å². The van der Waals surface area contributed by atoms with Crippen LogP contribution in [-0.4, -0.2) is 32.9 Å². The lowest BCUT2D eigenvalue weighted by Crippen LogP contribution is -2.27. The maximum Gasteiger partial charge on any atom is 0.169 e. The maximum absolute atomic E-state index is 6.01. The summed E-state index contributed by atoms with van der Waals surface area (Å²) in [7, 11) is 0. The third kappa shape index (κ3) is 2.29. The van der Waals surface area contributed by atoms with Crippen LogP contribution in [0.4, 0.5) is 0 Å². The molecule has 5 nitrogen and oxygen atoms in total. The molecule has 0 N–H and O–H groups in total. The number of nitrogens with zero attached hydrogens (tertiary/aromatic N) is 4. The lowest BCUT2D eigenvalue weighted by Gasteiger charge is -2.27. The summed E-state index contributed by atoms with van der Waals surface area (Å²) in [5.74, 6) is 0.746. The standard InChI is InChI=1S/C9H15ClN4O/c1-6-5-8(3-4-15-6)14-9(7(2)10)11-12-13-14/h6-8H,3-5H2,1-2H3. The molecule has 1 aliphatic heterocycles. The monoisotopic (exact) mass is 230 g/mol. The number of tetrazole rings is 1. The highest BCUT2D eigenvalue weighted by molar-refractivity contribution is 6.20. The SMILES string of the molecule is CC1CC(n2nnnc2C(C)Cl)CCO1. The first kappa shape index (κ1) is 10.8. The van der Waals surface area contributed by atoms with Crippen molar-refractivity contribution in [3.8, 4) is 0 Å². The molecule has 0 spiro atoms. The van der Waals surface area contributed by atoms with E-state index in [-0.39, 0.29) is 11.5 Å². The number of halogens is 1. The first-order valence-electron chi connectivity index (χ1n) is 5.22. The van der Waals surface area contributed by atoms with E-state index < -0.39 is 0 Å². The molecule has 0 amide bonds. The van der Waals surface area contributed by atoms with Crippen molar-refractivity contribution in [1.29, 1.82) is 0 Å². The minimum atomic E-state index is -0.154. The van der Waals surface area contributed by atoms with E-state index >= 15 is 0 Å². The van der Waals surface area contributed by atoms with Gasteiger partial charge in [-0.05, 0) is 37.1 Å². The number of hydrogen-bond donors (Lipinski definition) is 0. The Morgan fingerprint density at radius 1 is 1.60 bits per heavy atom. The fraction of sp³-hybridized carbons (Fsp3) is 0.889. The van der Waals surface area contributed by atoms with Crippen molar-refractivity contribution in [2.75, 3.05) is 6.61 Å². The third-order valence-electron chi connectivity index (χ3n) is 2.68. The van der Waals surface area contributed by atoms with Crippen molar-refractivity contribution >= 4 is 11.6 Å². The molecular formula is C9H15ClN4O. The van der Waals surface area contributed by atoms with Crippen molar-refractivity contribution in [3.63, 3.8) is 0 Å². The van der Waals surface area contributed by atoms with Crippen molar-refractivity contribution in [2.24, 2.45) is 0 Å². The zero-order valence-electron chi connectivity index (χ0n) is 8.93. The lowest BCUT2D eigenvalue weighted by atomic mass is 10.0. The molecule has 1 saturated heterocycles. The minimum Gasteiger partial charge on any atom is -0.378 e. The van der Waals surface area contributed by atoms with E-state index in [4.69, 9.17) is 16.3 Å². The van der Waals surface area contributed by atoms with Crippen LogP contribution in [0.25, 0.3) is 0 Å². The first-order valence-corrected chi connectivity index (χ1v) is 5.65. The number of aromatic nitrogens is 4. The van der Waals surface area contributed by atoms with Crippen molar-refractivity contribution in [2.45, 2.75) is 44.2 Å². The van der Waals surface area contributed by atoms with Crippen LogP contribution < -0.4 is 0 Å². The summed E-state index contributed by atoms with van der Waals surface area (Å²) in [6, 6.07) is 0.319. The normalized spacial score (nSPS) is 29.0. The van der Waals surface area contributed by atoms with Gasteiger partial charge in [-0.3, -0.25) is 0 Å². The molecule has 1 aromatic rings. The van der Waals surface area contributed by atoms with Gasteiger partial charge in [0.2, 0.25) is 0 Å². The van der Waals surface area contributed by atoms with E-state index in [1.54, 1.807) is 0 Å². The Hall–Kier alpha value is -0.680. The van der Waals surface area contributed by atoms with Crippen LogP contribution in [-0.2, 0) is 4.74 Å². The summed E-state index contributed by atoms with van der Waals surface area (Å²) in [6.07, 6.45) is 2.17. The molecule has 0 radical (unpaired) electrons. The van der Waals surface area contributed by atoms with Gasteiger partial charge in [-0.2, -0.15) is 0 Å². The Morgan fingerprint density at radius 2 is 2.40 bits per heavy atom. The molecule has 3 atom stereocenters. The zero-order chi connectivity index (χ0) is 10.8. The Kier molecular flexibility index (Phi) is 3.21. The summed E-state index contributed by atoms with van der Waals surface area (Å²) < 4.78 is 7.34. The molecule has 0 saturated carbocycles. The molecule has 84 valence electrons. The first-order chi connectivity index (χ1) is 7.18. The molecule has 1 fully saturated rings. The van der Waals surface area contributed by atoms with Gasteiger partial charge in [0.05, 0.1) is 17.5 Å². The molecule has 2 rings (SSSR count). The second-order valence-electron chi connectivity index (χ2n) is 3.96. The molecule has 0 aliphatic carbocycles. The van der Waals surface area contributed by atoms with Gasteiger partial charge < -0.3 is 4.74 Å². The Labute approximate surface area is 93.7 Å². The summed E-state index contributed by atoms with van der Waals surface area (Å²) in [4.78, 5) is 0. The number of hydrogen-bond acceptors (Lipinski definition) is 4. The molecule has 1 aromatic heterocycles. The smallest absolute Gasteiger partial charge is 0.169 e. The molecule has 6 heteroatoms. The van der Waals surface area contributed by atoms with Crippen molar-refractivity contribution in [3.05, 3.63) is 5.82 Å². The highest BCUT2D eigenvalue weighted by atomic mass is 35.5. The Balaban J connectivity index is 2.17. The maximum atomic E-state index is 6.01. The molecule has 0 aromatic carbocycles. The molecular weight excluding hydrogens is 216 g/mol. The topological polar surface area (TPSA) is 52.8 Å². The second-order valence-corrected chi connectivity index (χ2v) is 4.61. The summed E-state index contributed by atoms with van der Waals surface area (Å²) >= 11 is 6.01. The largest absolute Gasteiger partial charge is 0.378 e. The summed E-state index contributed by atoms with van der Waals surface area (Å²) in [6.45, 7) is 4.72. The van der Waals surface area contributed by atoms with Crippen molar-refractivity contribution < 1.29 is 4.74 Å². The van der Waals surface area contributed by atoms with E-state index in [1.807, 2.05) is 11.6 Å². The summed E-state index contributed by atoms with van der Waals surface area (Å²) in [5.41, 5.74) is 0. The van der Waals surface area contributed by atoms with Crippen LogP contribution >= 0.6 is 11.6 Å². The van der Waals surface area contributed by atoms with Gasteiger partial charge in [-0.1, -0.05) is 0 Å². The number of rotatable bonds is 2. The van der Waals surface area contributed by atoms with Crippen molar-refractivity contribution in [1.82, 2.24) is 20.2 Å². The predicted molar refractivity (Wildman–Crippen MR) is 55.8 cm³/mol. The van der Waals surface area contributed by atoms with Crippen LogP contribution in [0.1, 0.15) is 43.9 Å². The van der Waals surface area contributed by atoms with Gasteiger partial charge in [0.1, 0.15) is 0 Å². The zero-order valence-corrected chi connectivity index (χ0v) is 9.68. The van der Waals surface area contributed by atoms with E-state index in [1.165, 1.54) is 0 Å². The van der Waals surface area contributed by atoms with Gasteiger partial charge in [-0.25, -0.2) is 4.68 Å². The van der Waals surface area contributed by atoms with Crippen LogP contribution in [0.15, 0.2) is 0 Å². The van der Waals surface area contributed by atoms with Gasteiger partial charge in [0.15, 0.2) is 5.82 Å². The quantitative estimate of drug-likeness (QED) is 0.726. The molecule has 3 unspecified atom stereocenters. The van der Waals surface area contributed by atoms with E-state index in [0.29, 0.717) is 6.04 Å². The van der Waals surface area contributed by atoms with E-state index in [2.05, 4.69) is 22.4 Å². The second kappa shape index (κ2) is 4.45. The molecule has 0 bridgehead atoms. The van der Waals surface area contributed by atoms with Crippen LogP contribution in [0, 0.1) is 0 Å². The third-order valence-corrected chi connectivity index (χ3v) is 2.87. The fourth-order valence-corrected chi connectivity index (χ4v) is 2.06. The fourth-order valence-electron chi connectivity index (χ4n) is 1.92. The highest BCUT2D eigenvalue weighted by Crippen LogP contribution is 2.27. The lowest BCUT2D eigenvalue weighted by molar-refractivity contribution is 0.00254. The van der Waals surface area contributed by atoms with Gasteiger partial charge in [0.25, 0.3) is 0 Å². The van der Waals surface area contributed by atoms with E-state index in [9.17, 15) is 0 Å². The predicted octanol–water partition coefficient (Wildman–Crippen LogP) is 1.71. The number of alkyl halides is 1. The average molecular weight is 231 g/mol. The minimum absolute atomic E-state index is 0.154. The van der Waals surface area contributed by atoms with E-state index in [0.717, 1.165) is 25.3 Å². The summed E-state index contributed by atoms with van der Waals surface area (Å²) in [5, 5.41) is 11.5. The number of ether oxygens (including phenoxy) is 1. The molecule has 15 heavy (non-hydrogen) atoms. The average Bonchev–Trinajstić information content (AvgIpc) is 2.65. The Morgan fingerprint density at radius 3 is 3.07 bits per heavy atom. The van der Waals surface area contributed by atoms with Crippen LogP contribution in [0.5, 0.6) is 0 Å². The highest BCUT2D eigenvalue weighted by Gasteiger charge is 2.25. The van der Waals surface area contributed by atoms with Gasteiger partial charge in [0, 0.05) is 6.61 Å². The molecule has 1 aliphatic rings. The van der Waals surface area contributed by atoms with Gasteiger partial charge >= 0.3 is 0 Å².